The van der Waals surface area contributed by atoms with Gasteiger partial charge in [0.25, 0.3) is 0 Å². The third-order valence-corrected chi connectivity index (χ3v) is 4.42. The highest BCUT2D eigenvalue weighted by Gasteiger charge is 2.05. The van der Waals surface area contributed by atoms with Crippen LogP contribution in [0.15, 0.2) is 103 Å². The SMILES string of the molecule is NC(=S)Nc1cccc(Oc2cccc(Oc3cccc(-c4ccccc4)c3)c2)c1. The zero-order valence-electron chi connectivity index (χ0n) is 16.1. The minimum atomic E-state index is 0.209. The number of nitrogens with one attached hydrogen (secondary N) is 1. The fourth-order valence-corrected chi connectivity index (χ4v) is 3.14. The van der Waals surface area contributed by atoms with Gasteiger partial charge in [0.15, 0.2) is 5.11 Å². The second-order valence-electron chi connectivity index (χ2n) is 6.59. The second kappa shape index (κ2) is 9.11. The summed E-state index contributed by atoms with van der Waals surface area (Å²) < 4.78 is 12.0. The van der Waals surface area contributed by atoms with E-state index in [0.717, 1.165) is 22.6 Å². The number of thiocarbonyl (C=S) groups is 1. The van der Waals surface area contributed by atoms with Gasteiger partial charge < -0.3 is 20.5 Å². The highest BCUT2D eigenvalue weighted by molar-refractivity contribution is 7.80. The van der Waals surface area contributed by atoms with Crippen LogP contribution in [0.25, 0.3) is 11.1 Å². The fourth-order valence-electron chi connectivity index (χ4n) is 3.02. The molecule has 4 aromatic carbocycles. The average Bonchev–Trinajstić information content (AvgIpc) is 2.75. The average molecular weight is 413 g/mol. The predicted octanol–water partition coefficient (Wildman–Crippen LogP) is 6.59. The molecule has 148 valence electrons. The maximum Gasteiger partial charge on any atom is 0.168 e. The van der Waals surface area contributed by atoms with Gasteiger partial charge in [-0.15, -0.1) is 0 Å². The van der Waals surface area contributed by atoms with Gasteiger partial charge in [-0.3, -0.25) is 0 Å². The maximum atomic E-state index is 6.07. The van der Waals surface area contributed by atoms with Gasteiger partial charge in [0, 0.05) is 17.8 Å². The van der Waals surface area contributed by atoms with Crippen LogP contribution in [0.2, 0.25) is 0 Å². The van der Waals surface area contributed by atoms with Crippen molar-refractivity contribution in [3.05, 3.63) is 103 Å². The number of hydrogen-bond acceptors (Lipinski definition) is 3. The summed E-state index contributed by atoms with van der Waals surface area (Å²) >= 11 is 4.88. The van der Waals surface area contributed by atoms with E-state index in [9.17, 15) is 0 Å². The van der Waals surface area contributed by atoms with E-state index in [1.165, 1.54) is 0 Å². The van der Waals surface area contributed by atoms with Crippen LogP contribution in [0, 0.1) is 0 Å². The van der Waals surface area contributed by atoms with Crippen molar-refractivity contribution < 1.29 is 9.47 Å². The third kappa shape index (κ3) is 5.16. The molecule has 0 aromatic heterocycles. The quantitative estimate of drug-likeness (QED) is 0.350. The minimum absolute atomic E-state index is 0.209. The van der Waals surface area contributed by atoms with Gasteiger partial charge in [-0.25, -0.2) is 0 Å². The molecule has 4 rings (SSSR count). The molecule has 0 saturated heterocycles. The zero-order chi connectivity index (χ0) is 20.8. The highest BCUT2D eigenvalue weighted by Crippen LogP contribution is 2.31. The van der Waals surface area contributed by atoms with Gasteiger partial charge in [-0.05, 0) is 59.7 Å². The first kappa shape index (κ1) is 19.5. The van der Waals surface area contributed by atoms with Crippen LogP contribution >= 0.6 is 12.2 Å². The normalized spacial score (nSPS) is 10.3. The molecular weight excluding hydrogens is 392 g/mol. The molecule has 4 aromatic rings. The number of anilines is 1. The van der Waals surface area contributed by atoms with Gasteiger partial charge in [-0.1, -0.05) is 54.6 Å². The summed E-state index contributed by atoms with van der Waals surface area (Å²) in [5.74, 6) is 2.78. The molecule has 0 radical (unpaired) electrons. The number of benzene rings is 4. The molecule has 30 heavy (non-hydrogen) atoms. The minimum Gasteiger partial charge on any atom is -0.457 e. The molecule has 5 heteroatoms. The first-order valence-corrected chi connectivity index (χ1v) is 9.84. The van der Waals surface area contributed by atoms with Crippen molar-refractivity contribution in [2.45, 2.75) is 0 Å². The van der Waals surface area contributed by atoms with Gasteiger partial charge >= 0.3 is 0 Å². The molecule has 4 nitrogen and oxygen atoms in total. The Hall–Kier alpha value is -3.83. The molecule has 0 atom stereocenters. The van der Waals surface area contributed by atoms with E-state index in [0.29, 0.717) is 17.2 Å². The van der Waals surface area contributed by atoms with Crippen LogP contribution in [0.5, 0.6) is 23.0 Å². The van der Waals surface area contributed by atoms with E-state index in [4.69, 9.17) is 27.4 Å². The molecule has 0 aliphatic heterocycles. The Balaban J connectivity index is 1.50. The summed E-state index contributed by atoms with van der Waals surface area (Å²) in [5.41, 5.74) is 8.54. The van der Waals surface area contributed by atoms with E-state index in [2.05, 4.69) is 23.5 Å². The number of hydrogen-bond donors (Lipinski definition) is 2. The Bertz CT molecular complexity index is 1160. The van der Waals surface area contributed by atoms with E-state index in [1.54, 1.807) is 0 Å². The molecular formula is C25H20N2O2S. The molecule has 3 N–H and O–H groups in total. The van der Waals surface area contributed by atoms with Crippen molar-refractivity contribution in [2.24, 2.45) is 5.73 Å². The lowest BCUT2D eigenvalue weighted by Crippen LogP contribution is -2.18. The molecule has 0 unspecified atom stereocenters. The second-order valence-corrected chi connectivity index (χ2v) is 7.03. The standard InChI is InChI=1S/C25H20N2O2S/c26-25(30)27-20-10-5-12-22(16-20)29-24-14-6-13-23(17-24)28-21-11-4-9-19(15-21)18-7-2-1-3-8-18/h1-17H,(H3,26,27,30). The topological polar surface area (TPSA) is 56.5 Å². The van der Waals surface area contributed by atoms with Crippen molar-refractivity contribution in [1.82, 2.24) is 0 Å². The van der Waals surface area contributed by atoms with Crippen molar-refractivity contribution in [3.8, 4) is 34.1 Å². The van der Waals surface area contributed by atoms with E-state index in [1.807, 2.05) is 84.9 Å². The summed E-state index contributed by atoms with van der Waals surface area (Å²) in [6.45, 7) is 0. The Morgan fingerprint density at radius 3 is 1.80 bits per heavy atom. The third-order valence-electron chi connectivity index (χ3n) is 4.32. The largest absolute Gasteiger partial charge is 0.457 e. The molecule has 0 heterocycles. The lowest BCUT2D eigenvalue weighted by molar-refractivity contribution is 0.460. The number of rotatable bonds is 6. The fraction of sp³-hybridized carbons (Fsp3) is 0. The van der Waals surface area contributed by atoms with Gasteiger partial charge in [0.05, 0.1) is 0 Å². The Morgan fingerprint density at radius 1 is 0.600 bits per heavy atom. The molecule has 0 spiro atoms. The Kier molecular flexibility index (Phi) is 5.92. The van der Waals surface area contributed by atoms with Crippen LogP contribution in [-0.2, 0) is 0 Å². The van der Waals surface area contributed by atoms with Crippen molar-refractivity contribution in [2.75, 3.05) is 5.32 Å². The molecule has 0 aliphatic rings. The van der Waals surface area contributed by atoms with Crippen LogP contribution in [0.3, 0.4) is 0 Å². The Morgan fingerprint density at radius 2 is 1.13 bits per heavy atom. The molecule has 0 fully saturated rings. The van der Waals surface area contributed by atoms with Gasteiger partial charge in [0.1, 0.15) is 23.0 Å². The van der Waals surface area contributed by atoms with Crippen molar-refractivity contribution >= 4 is 23.0 Å². The summed E-state index contributed by atoms with van der Waals surface area (Å²) in [6.07, 6.45) is 0. The highest BCUT2D eigenvalue weighted by atomic mass is 32.1. The van der Waals surface area contributed by atoms with E-state index in [-0.39, 0.29) is 5.11 Å². The molecule has 0 aliphatic carbocycles. The van der Waals surface area contributed by atoms with Crippen LogP contribution in [-0.4, -0.2) is 5.11 Å². The lowest BCUT2D eigenvalue weighted by atomic mass is 10.1. The first-order chi connectivity index (χ1) is 14.7. The van der Waals surface area contributed by atoms with E-state index >= 15 is 0 Å². The zero-order valence-corrected chi connectivity index (χ0v) is 16.9. The Labute approximate surface area is 180 Å². The monoisotopic (exact) mass is 412 g/mol. The summed E-state index contributed by atoms with van der Waals surface area (Å²) in [5, 5.41) is 3.11. The summed E-state index contributed by atoms with van der Waals surface area (Å²) in [6, 6.07) is 33.2. The van der Waals surface area contributed by atoms with Crippen LogP contribution < -0.4 is 20.5 Å². The van der Waals surface area contributed by atoms with Crippen LogP contribution in [0.1, 0.15) is 0 Å². The lowest BCUT2D eigenvalue weighted by Gasteiger charge is -2.11. The maximum absolute atomic E-state index is 6.07. The van der Waals surface area contributed by atoms with E-state index < -0.39 is 0 Å². The van der Waals surface area contributed by atoms with Crippen molar-refractivity contribution in [1.29, 1.82) is 0 Å². The van der Waals surface area contributed by atoms with Crippen LogP contribution in [0.4, 0.5) is 5.69 Å². The smallest absolute Gasteiger partial charge is 0.168 e. The molecule has 0 bridgehead atoms. The molecule has 0 saturated carbocycles. The molecule has 0 amide bonds. The van der Waals surface area contributed by atoms with Crippen molar-refractivity contribution in [3.63, 3.8) is 0 Å². The summed E-state index contributed by atoms with van der Waals surface area (Å²) in [4.78, 5) is 0. The number of ether oxygens (including phenoxy) is 2. The predicted molar refractivity (Wildman–Crippen MR) is 125 cm³/mol. The van der Waals surface area contributed by atoms with Gasteiger partial charge in [-0.2, -0.15) is 0 Å². The van der Waals surface area contributed by atoms with Gasteiger partial charge in [0.2, 0.25) is 0 Å². The first-order valence-electron chi connectivity index (χ1n) is 9.43. The number of nitrogens with two attached hydrogens (primary N) is 1. The summed E-state index contributed by atoms with van der Waals surface area (Å²) in [7, 11) is 0.